The van der Waals surface area contributed by atoms with Gasteiger partial charge in [0.05, 0.1) is 11.1 Å². The lowest BCUT2D eigenvalue weighted by Gasteiger charge is -2.35. The van der Waals surface area contributed by atoms with Crippen LogP contribution in [-0.2, 0) is 4.79 Å². The highest BCUT2D eigenvalue weighted by atomic mass is 16.2. The van der Waals surface area contributed by atoms with Gasteiger partial charge in [0.25, 0.3) is 11.8 Å². The number of imide groups is 1. The van der Waals surface area contributed by atoms with Crippen molar-refractivity contribution in [3.63, 3.8) is 0 Å². The van der Waals surface area contributed by atoms with Gasteiger partial charge in [-0.15, -0.1) is 0 Å². The number of nitrogens with zero attached hydrogens (tertiary/aromatic N) is 7. The summed E-state index contributed by atoms with van der Waals surface area (Å²) in [5, 5.41) is 4.20. The molecular formula is C23H23N7O3. The number of anilines is 1. The number of carbonyl (C=O) groups is 3. The number of benzene rings is 1. The summed E-state index contributed by atoms with van der Waals surface area (Å²) >= 11 is 0. The number of amides is 3. The van der Waals surface area contributed by atoms with Crippen LogP contribution in [0.2, 0.25) is 0 Å². The third kappa shape index (κ3) is 4.07. The van der Waals surface area contributed by atoms with Crippen LogP contribution in [0.15, 0.2) is 55.1 Å². The van der Waals surface area contributed by atoms with Crippen LogP contribution >= 0.6 is 0 Å². The summed E-state index contributed by atoms with van der Waals surface area (Å²) in [6.45, 7) is 2.76. The van der Waals surface area contributed by atoms with E-state index in [2.05, 4.69) is 20.0 Å². The van der Waals surface area contributed by atoms with Crippen LogP contribution in [0.5, 0.6) is 0 Å². The fourth-order valence-corrected chi connectivity index (χ4v) is 4.21. The molecule has 3 aromatic rings. The van der Waals surface area contributed by atoms with Gasteiger partial charge in [-0.2, -0.15) is 5.10 Å². The molecule has 1 saturated heterocycles. The lowest BCUT2D eigenvalue weighted by molar-refractivity contribution is -0.131. The lowest BCUT2D eigenvalue weighted by Crippen LogP contribution is -2.49. The monoisotopic (exact) mass is 445 g/mol. The molecule has 2 aliphatic heterocycles. The van der Waals surface area contributed by atoms with Gasteiger partial charge < -0.3 is 9.80 Å². The summed E-state index contributed by atoms with van der Waals surface area (Å²) in [6.07, 6.45) is 5.78. The zero-order chi connectivity index (χ0) is 22.8. The average Bonchev–Trinajstić information content (AvgIpc) is 3.48. The molecule has 1 fully saturated rings. The molecule has 0 bridgehead atoms. The zero-order valence-corrected chi connectivity index (χ0v) is 18.0. The molecule has 0 saturated carbocycles. The molecule has 0 aliphatic carbocycles. The summed E-state index contributed by atoms with van der Waals surface area (Å²) in [5.41, 5.74) is 0.871. The van der Waals surface area contributed by atoms with Gasteiger partial charge in [-0.25, -0.2) is 14.6 Å². The molecule has 0 spiro atoms. The van der Waals surface area contributed by atoms with Crippen LogP contribution in [0.1, 0.15) is 33.6 Å². The smallest absolute Gasteiger partial charge is 0.261 e. The highest BCUT2D eigenvalue weighted by Gasteiger charge is 2.34. The molecular weight excluding hydrogens is 422 g/mol. The van der Waals surface area contributed by atoms with Crippen molar-refractivity contribution in [3.8, 4) is 5.82 Å². The number of rotatable bonds is 6. The van der Waals surface area contributed by atoms with Crippen molar-refractivity contribution < 1.29 is 14.4 Å². The van der Waals surface area contributed by atoms with Gasteiger partial charge in [0.2, 0.25) is 5.91 Å². The Hall–Kier alpha value is -4.08. The van der Waals surface area contributed by atoms with Crippen molar-refractivity contribution in [2.75, 3.05) is 37.6 Å². The number of hydrogen-bond acceptors (Lipinski definition) is 7. The van der Waals surface area contributed by atoms with E-state index in [1.165, 1.54) is 11.2 Å². The van der Waals surface area contributed by atoms with E-state index in [1.54, 1.807) is 35.1 Å². The molecule has 1 aromatic carbocycles. The number of hydrogen-bond donors (Lipinski definition) is 0. The molecule has 3 amide bonds. The number of piperazine rings is 1. The first-order valence-electron chi connectivity index (χ1n) is 10.9. The van der Waals surface area contributed by atoms with Crippen LogP contribution in [0, 0.1) is 0 Å². The minimum absolute atomic E-state index is 0.0335. The predicted molar refractivity (Wildman–Crippen MR) is 119 cm³/mol. The van der Waals surface area contributed by atoms with E-state index in [0.29, 0.717) is 56.0 Å². The second kappa shape index (κ2) is 8.81. The van der Waals surface area contributed by atoms with Crippen molar-refractivity contribution >= 4 is 23.5 Å². The van der Waals surface area contributed by atoms with Crippen molar-refractivity contribution in [1.82, 2.24) is 29.5 Å². The van der Waals surface area contributed by atoms with Gasteiger partial charge in [0.15, 0.2) is 5.82 Å². The van der Waals surface area contributed by atoms with Crippen molar-refractivity contribution in [2.45, 2.75) is 12.8 Å². The predicted octanol–water partition coefficient (Wildman–Crippen LogP) is 1.39. The Morgan fingerprint density at radius 1 is 0.909 bits per heavy atom. The highest BCUT2D eigenvalue weighted by molar-refractivity contribution is 6.21. The highest BCUT2D eigenvalue weighted by Crippen LogP contribution is 2.23. The maximum Gasteiger partial charge on any atom is 0.261 e. The summed E-state index contributed by atoms with van der Waals surface area (Å²) in [7, 11) is 0. The number of fused-ring (bicyclic) bond motifs is 1. The van der Waals surface area contributed by atoms with E-state index in [0.717, 1.165) is 5.82 Å². The van der Waals surface area contributed by atoms with Gasteiger partial charge in [-0.1, -0.05) is 12.1 Å². The number of carbonyl (C=O) groups excluding carboxylic acids is 3. The average molecular weight is 445 g/mol. The topological polar surface area (TPSA) is 105 Å². The zero-order valence-electron chi connectivity index (χ0n) is 18.0. The van der Waals surface area contributed by atoms with Crippen LogP contribution in [0.3, 0.4) is 0 Å². The summed E-state index contributed by atoms with van der Waals surface area (Å²) < 4.78 is 1.68. The van der Waals surface area contributed by atoms with Gasteiger partial charge in [-0.3, -0.25) is 19.3 Å². The van der Waals surface area contributed by atoms with E-state index in [4.69, 9.17) is 0 Å². The normalized spacial score (nSPS) is 15.8. The molecule has 5 rings (SSSR count). The minimum atomic E-state index is -0.281. The van der Waals surface area contributed by atoms with Crippen LogP contribution in [-0.4, -0.2) is 80.0 Å². The third-order valence-corrected chi connectivity index (χ3v) is 5.98. The Morgan fingerprint density at radius 2 is 1.61 bits per heavy atom. The molecule has 168 valence electrons. The Kier molecular flexibility index (Phi) is 5.55. The van der Waals surface area contributed by atoms with Crippen LogP contribution in [0.4, 0.5) is 5.82 Å². The summed E-state index contributed by atoms with van der Waals surface area (Å²) in [4.78, 5) is 51.4. The van der Waals surface area contributed by atoms with Gasteiger partial charge in [0.1, 0.15) is 12.1 Å². The SMILES string of the molecule is O=C(CCCN1C(=O)c2ccccc2C1=O)N1CCN(c2cc(-n3cccn3)ncn2)CC1. The van der Waals surface area contributed by atoms with E-state index >= 15 is 0 Å². The molecule has 0 N–H and O–H groups in total. The Balaban J connectivity index is 1.11. The van der Waals surface area contributed by atoms with Gasteiger partial charge in [-0.05, 0) is 24.6 Å². The largest absolute Gasteiger partial charge is 0.353 e. The molecule has 33 heavy (non-hydrogen) atoms. The first-order chi connectivity index (χ1) is 16.1. The second-order valence-corrected chi connectivity index (χ2v) is 7.96. The lowest BCUT2D eigenvalue weighted by atomic mass is 10.1. The van der Waals surface area contributed by atoms with E-state index in [-0.39, 0.29) is 24.3 Å². The molecule has 10 heteroatoms. The minimum Gasteiger partial charge on any atom is -0.353 e. The maximum absolute atomic E-state index is 12.7. The fourth-order valence-electron chi connectivity index (χ4n) is 4.21. The Morgan fingerprint density at radius 3 is 2.27 bits per heavy atom. The van der Waals surface area contributed by atoms with E-state index in [9.17, 15) is 14.4 Å². The van der Waals surface area contributed by atoms with Crippen molar-refractivity contribution in [1.29, 1.82) is 0 Å². The Bertz CT molecular complexity index is 1150. The molecule has 0 unspecified atom stereocenters. The van der Waals surface area contributed by atoms with Gasteiger partial charge >= 0.3 is 0 Å². The van der Waals surface area contributed by atoms with Crippen molar-refractivity contribution in [3.05, 3.63) is 66.2 Å². The molecule has 10 nitrogen and oxygen atoms in total. The molecule has 2 aromatic heterocycles. The molecule has 2 aliphatic rings. The first-order valence-corrected chi connectivity index (χ1v) is 10.9. The van der Waals surface area contributed by atoms with E-state index in [1.807, 2.05) is 23.2 Å². The molecule has 0 atom stereocenters. The fraction of sp³-hybridized carbons (Fsp3) is 0.304. The summed E-state index contributed by atoms with van der Waals surface area (Å²) in [5.74, 6) is 0.961. The van der Waals surface area contributed by atoms with E-state index < -0.39 is 0 Å². The van der Waals surface area contributed by atoms with Crippen molar-refractivity contribution in [2.24, 2.45) is 0 Å². The van der Waals surface area contributed by atoms with Crippen LogP contribution in [0.25, 0.3) is 5.82 Å². The first kappa shape index (κ1) is 20.8. The van der Waals surface area contributed by atoms with Crippen LogP contribution < -0.4 is 4.90 Å². The Labute approximate surface area is 190 Å². The summed E-state index contributed by atoms with van der Waals surface area (Å²) in [6, 6.07) is 10.5. The second-order valence-electron chi connectivity index (χ2n) is 7.96. The maximum atomic E-state index is 12.7. The van der Waals surface area contributed by atoms with Gasteiger partial charge in [0, 0.05) is 57.6 Å². The molecule has 0 radical (unpaired) electrons. The third-order valence-electron chi connectivity index (χ3n) is 5.98. The quantitative estimate of drug-likeness (QED) is 0.528. The molecule has 4 heterocycles. The standard InChI is InChI=1S/C23H23N7O3/c31-21(7-3-9-29-22(32)17-5-1-2-6-18(17)23(29)33)28-13-11-27(12-14-28)19-15-20(25-16-24-19)30-10-4-8-26-30/h1-2,4-6,8,10,15-16H,3,7,9,11-14H2. The number of aromatic nitrogens is 4.